The molecule has 0 unspecified atom stereocenters. The molecule has 0 bridgehead atoms. The molecule has 2 aromatic carbocycles. The zero-order valence-electron chi connectivity index (χ0n) is 16.8. The Morgan fingerprint density at radius 3 is 2.77 bits per heavy atom. The average Bonchev–Trinajstić information content (AvgIpc) is 2.76. The third-order valence-electron chi connectivity index (χ3n) is 4.73. The topological polar surface area (TPSA) is 75.5 Å². The van der Waals surface area contributed by atoms with Gasteiger partial charge in [0.1, 0.15) is 17.2 Å². The number of fused-ring (bicyclic) bond motifs is 2. The number of amides is 1. The first kappa shape index (κ1) is 20.7. The Morgan fingerprint density at radius 1 is 1.20 bits per heavy atom. The quantitative estimate of drug-likeness (QED) is 0.700. The summed E-state index contributed by atoms with van der Waals surface area (Å²) in [4.78, 5) is 18.1. The number of hydrazone groups is 1. The number of carbonyl (C=O) groups is 1. The summed E-state index contributed by atoms with van der Waals surface area (Å²) in [5, 5.41) is 11.4. The number of carbonyl (C=O) groups excluding carboxylic acids is 1. The minimum absolute atomic E-state index is 0.204. The zero-order chi connectivity index (χ0) is 21.3. The predicted molar refractivity (Wildman–Crippen MR) is 121 cm³/mol. The third kappa shape index (κ3) is 3.79. The van der Waals surface area contributed by atoms with Crippen LogP contribution in [0.2, 0.25) is 0 Å². The fraction of sp³-hybridized carbons (Fsp3) is 0.286. The minimum atomic E-state index is -0.568. The number of amidine groups is 1. The zero-order valence-corrected chi connectivity index (χ0v) is 19.2. The van der Waals surface area contributed by atoms with Gasteiger partial charge in [-0.05, 0) is 42.8 Å². The number of nitrogens with zero attached hydrogens (tertiary/aromatic N) is 3. The molecule has 2 aliphatic rings. The van der Waals surface area contributed by atoms with E-state index in [4.69, 9.17) is 19.6 Å². The summed E-state index contributed by atoms with van der Waals surface area (Å²) in [5.41, 5.74) is 1.22. The molecule has 0 aromatic heterocycles. The van der Waals surface area contributed by atoms with Crippen LogP contribution in [0.1, 0.15) is 25.1 Å². The summed E-state index contributed by atoms with van der Waals surface area (Å²) in [5.74, 6) is 1.97. The SMILES string of the molecule is CCCSC1=NN2C(=c3cc(Br)ccc3=N[C@@H]2c2cc(OC)ccc2OC)C(=O)N1. The number of hydrogen-bond donors (Lipinski definition) is 1. The fourth-order valence-corrected chi connectivity index (χ4v) is 4.43. The molecule has 2 aromatic rings. The number of methoxy groups -OCH3 is 2. The highest BCUT2D eigenvalue weighted by molar-refractivity contribution is 9.10. The summed E-state index contributed by atoms with van der Waals surface area (Å²) in [6.45, 7) is 2.09. The maximum atomic E-state index is 13.1. The average molecular weight is 489 g/mol. The lowest BCUT2D eigenvalue weighted by atomic mass is 10.1. The Bertz CT molecular complexity index is 1150. The molecule has 2 heterocycles. The molecule has 1 amide bonds. The molecule has 0 saturated carbocycles. The smallest absolute Gasteiger partial charge is 0.276 e. The van der Waals surface area contributed by atoms with Gasteiger partial charge in [0.05, 0.1) is 19.6 Å². The minimum Gasteiger partial charge on any atom is -0.497 e. The normalized spacial score (nSPS) is 17.4. The van der Waals surface area contributed by atoms with Gasteiger partial charge in [-0.15, -0.1) is 5.10 Å². The van der Waals surface area contributed by atoms with Crippen LogP contribution in [0.25, 0.3) is 5.70 Å². The molecule has 30 heavy (non-hydrogen) atoms. The Labute approximate surface area is 187 Å². The van der Waals surface area contributed by atoms with Gasteiger partial charge in [-0.2, -0.15) is 0 Å². The van der Waals surface area contributed by atoms with Crippen LogP contribution in [0.4, 0.5) is 0 Å². The molecule has 0 spiro atoms. The van der Waals surface area contributed by atoms with Gasteiger partial charge in [-0.1, -0.05) is 34.6 Å². The lowest BCUT2D eigenvalue weighted by molar-refractivity contribution is -0.116. The van der Waals surface area contributed by atoms with E-state index in [2.05, 4.69) is 28.2 Å². The van der Waals surface area contributed by atoms with Gasteiger partial charge in [0.2, 0.25) is 0 Å². The Hall–Kier alpha value is -2.52. The summed E-state index contributed by atoms with van der Waals surface area (Å²) < 4.78 is 11.9. The van der Waals surface area contributed by atoms with E-state index in [0.29, 0.717) is 27.7 Å². The van der Waals surface area contributed by atoms with E-state index in [1.165, 1.54) is 11.8 Å². The maximum Gasteiger partial charge on any atom is 0.276 e. The molecule has 1 atom stereocenters. The van der Waals surface area contributed by atoms with Crippen molar-refractivity contribution < 1.29 is 14.3 Å². The monoisotopic (exact) mass is 488 g/mol. The first-order valence-electron chi connectivity index (χ1n) is 9.47. The Balaban J connectivity index is 1.96. The molecule has 2 aliphatic heterocycles. The highest BCUT2D eigenvalue weighted by atomic mass is 79.9. The fourth-order valence-electron chi connectivity index (χ4n) is 3.36. The molecule has 1 N–H and O–H groups in total. The van der Waals surface area contributed by atoms with Crippen molar-refractivity contribution in [3.8, 4) is 11.5 Å². The summed E-state index contributed by atoms with van der Waals surface area (Å²) in [6, 6.07) is 11.2. The van der Waals surface area contributed by atoms with Crippen molar-refractivity contribution in [2.45, 2.75) is 19.5 Å². The Kier molecular flexibility index (Phi) is 6.01. The Morgan fingerprint density at radius 2 is 2.03 bits per heavy atom. The highest BCUT2D eigenvalue weighted by Gasteiger charge is 2.36. The van der Waals surface area contributed by atoms with E-state index in [1.807, 2.05) is 36.4 Å². The summed E-state index contributed by atoms with van der Waals surface area (Å²) in [7, 11) is 3.22. The van der Waals surface area contributed by atoms with Gasteiger partial charge in [0.15, 0.2) is 11.3 Å². The van der Waals surface area contributed by atoms with E-state index in [1.54, 1.807) is 19.2 Å². The van der Waals surface area contributed by atoms with Gasteiger partial charge >= 0.3 is 0 Å². The van der Waals surface area contributed by atoms with E-state index in [9.17, 15) is 4.79 Å². The van der Waals surface area contributed by atoms with E-state index < -0.39 is 6.17 Å². The van der Waals surface area contributed by atoms with Gasteiger partial charge < -0.3 is 9.47 Å². The molecular formula is C21H21BrN4O3S. The van der Waals surface area contributed by atoms with Gasteiger partial charge in [0.25, 0.3) is 5.91 Å². The second-order valence-electron chi connectivity index (χ2n) is 6.67. The highest BCUT2D eigenvalue weighted by Crippen LogP contribution is 2.37. The third-order valence-corrected chi connectivity index (χ3v) is 6.29. The second-order valence-corrected chi connectivity index (χ2v) is 8.67. The van der Waals surface area contributed by atoms with Crippen molar-refractivity contribution in [2.75, 3.05) is 20.0 Å². The summed E-state index contributed by atoms with van der Waals surface area (Å²) in [6.07, 6.45) is 0.408. The number of benzene rings is 2. The van der Waals surface area contributed by atoms with Gasteiger partial charge in [0, 0.05) is 21.0 Å². The number of hydrogen-bond acceptors (Lipinski definition) is 7. The summed E-state index contributed by atoms with van der Waals surface area (Å²) >= 11 is 5.01. The van der Waals surface area contributed by atoms with Gasteiger partial charge in [-0.3, -0.25) is 15.1 Å². The standard InChI is InChI=1S/C21H21BrN4O3S/c1-4-9-30-21-24-20(27)18-14-10-12(22)5-7-16(14)23-19(26(18)25-21)15-11-13(28-2)6-8-17(15)29-3/h5-8,10-11,19H,4,9H2,1-3H3,(H,24,25,27)/t19-/m0/s1. The molecule has 0 saturated heterocycles. The molecule has 0 fully saturated rings. The van der Waals surface area contributed by atoms with Crippen LogP contribution in [0, 0.1) is 0 Å². The largest absolute Gasteiger partial charge is 0.497 e. The molecule has 4 rings (SSSR count). The predicted octanol–water partition coefficient (Wildman–Crippen LogP) is 2.75. The van der Waals surface area contributed by atoms with Crippen molar-refractivity contribution in [2.24, 2.45) is 10.1 Å². The second kappa shape index (κ2) is 8.69. The maximum absolute atomic E-state index is 13.1. The molecule has 9 heteroatoms. The van der Waals surface area contributed by atoms with Crippen LogP contribution in [0.15, 0.2) is 51.0 Å². The lowest BCUT2D eigenvalue weighted by Crippen LogP contribution is -2.50. The number of thioether (sulfide) groups is 1. The molecule has 7 nitrogen and oxygen atoms in total. The van der Waals surface area contributed by atoms with E-state index in [0.717, 1.165) is 27.4 Å². The van der Waals surface area contributed by atoms with Crippen molar-refractivity contribution in [3.05, 3.63) is 57.0 Å². The van der Waals surface area contributed by atoms with Crippen molar-refractivity contribution in [1.29, 1.82) is 0 Å². The number of ether oxygens (including phenoxy) is 2. The molecule has 0 radical (unpaired) electrons. The van der Waals surface area contributed by atoms with Gasteiger partial charge in [-0.25, -0.2) is 5.01 Å². The first-order valence-corrected chi connectivity index (χ1v) is 11.2. The van der Waals surface area contributed by atoms with Crippen LogP contribution < -0.4 is 25.4 Å². The first-order chi connectivity index (χ1) is 14.5. The van der Waals surface area contributed by atoms with Crippen molar-refractivity contribution in [1.82, 2.24) is 10.3 Å². The molecule has 156 valence electrons. The number of nitrogens with one attached hydrogen (secondary N) is 1. The van der Waals surface area contributed by atoms with Crippen molar-refractivity contribution >= 4 is 44.5 Å². The van der Waals surface area contributed by atoms with Crippen molar-refractivity contribution in [3.63, 3.8) is 0 Å². The van der Waals surface area contributed by atoms with Crippen LogP contribution >= 0.6 is 27.7 Å². The van der Waals surface area contributed by atoms with Crippen LogP contribution in [-0.4, -0.2) is 36.1 Å². The van der Waals surface area contributed by atoms with E-state index in [-0.39, 0.29) is 5.91 Å². The molecule has 0 aliphatic carbocycles. The number of halogens is 1. The van der Waals surface area contributed by atoms with E-state index >= 15 is 0 Å². The van der Waals surface area contributed by atoms with Crippen LogP contribution in [-0.2, 0) is 4.79 Å². The van der Waals surface area contributed by atoms with Crippen LogP contribution in [0.3, 0.4) is 0 Å². The lowest BCUT2D eigenvalue weighted by Gasteiger charge is -2.34. The van der Waals surface area contributed by atoms with Crippen LogP contribution in [0.5, 0.6) is 11.5 Å². The molecular weight excluding hydrogens is 468 g/mol. The number of rotatable bonds is 5.